The molecule has 0 saturated heterocycles. The summed E-state index contributed by atoms with van der Waals surface area (Å²) in [5.41, 5.74) is 0.931. The molecule has 2 heterocycles. The normalized spacial score (nSPS) is 14.7. The molecule has 0 radical (unpaired) electrons. The summed E-state index contributed by atoms with van der Waals surface area (Å²) in [7, 11) is -3.91. The number of fused-ring (bicyclic) bond motifs is 1. The number of halogens is 1. The van der Waals surface area contributed by atoms with Crippen molar-refractivity contribution in [3.05, 3.63) is 47.5 Å². The topological polar surface area (TPSA) is 71.4 Å². The molecule has 0 bridgehead atoms. The molecule has 1 aliphatic rings. The van der Waals surface area contributed by atoms with Crippen molar-refractivity contribution < 1.29 is 17.6 Å². The van der Waals surface area contributed by atoms with E-state index in [0.717, 1.165) is 6.07 Å². The van der Waals surface area contributed by atoms with Crippen molar-refractivity contribution in [3.8, 4) is 0 Å². The molecule has 8 heteroatoms. The Labute approximate surface area is 152 Å². The van der Waals surface area contributed by atoms with Crippen LogP contribution in [0.25, 0.3) is 0 Å². The van der Waals surface area contributed by atoms with E-state index in [2.05, 4.69) is 4.72 Å². The number of hydrogen-bond acceptors (Lipinski definition) is 3. The number of hydrogen-bond donors (Lipinski definition) is 1. The van der Waals surface area contributed by atoms with Gasteiger partial charge in [-0.2, -0.15) is 0 Å². The number of anilines is 1. The largest absolute Gasteiger partial charge is 0.340 e. The zero-order chi connectivity index (χ0) is 19.1. The average Bonchev–Trinajstić information content (AvgIpc) is 2.99. The zero-order valence-corrected chi connectivity index (χ0v) is 15.8. The smallest absolute Gasteiger partial charge is 0.270 e. The third kappa shape index (κ3) is 3.60. The Morgan fingerprint density at radius 1 is 1.23 bits per heavy atom. The highest BCUT2D eigenvalue weighted by molar-refractivity contribution is 7.92. The molecule has 1 N–H and O–H groups in total. The van der Waals surface area contributed by atoms with E-state index < -0.39 is 15.8 Å². The van der Waals surface area contributed by atoms with Crippen molar-refractivity contribution in [1.29, 1.82) is 0 Å². The Hall–Kier alpha value is -2.35. The van der Waals surface area contributed by atoms with Gasteiger partial charge in [0, 0.05) is 25.8 Å². The second-order valence-electron chi connectivity index (χ2n) is 6.97. The molecular formula is C18H22FN3O3S. The molecule has 140 valence electrons. The summed E-state index contributed by atoms with van der Waals surface area (Å²) in [4.78, 5) is 14.3. The molecular weight excluding hydrogens is 357 g/mol. The van der Waals surface area contributed by atoms with Gasteiger partial charge in [-0.3, -0.25) is 9.52 Å². The number of carbonyl (C=O) groups excluding carboxylic acids is 1. The fourth-order valence-electron chi connectivity index (χ4n) is 2.97. The number of sulfonamides is 1. The number of nitrogens with one attached hydrogen (secondary N) is 1. The molecule has 0 fully saturated rings. The SMILES string of the molecule is Cc1ccc(NS(=O)(=O)c2cc3n(c2)CCN(CC(C)C)C3=O)cc1F. The lowest BCUT2D eigenvalue weighted by molar-refractivity contribution is 0.0683. The number of rotatable bonds is 5. The second kappa shape index (κ2) is 6.75. The first kappa shape index (κ1) is 18.4. The van der Waals surface area contributed by atoms with Crippen LogP contribution in [0.15, 0.2) is 35.4 Å². The van der Waals surface area contributed by atoms with Crippen molar-refractivity contribution in [2.45, 2.75) is 32.2 Å². The molecule has 6 nitrogen and oxygen atoms in total. The average molecular weight is 379 g/mol. The van der Waals surface area contributed by atoms with Gasteiger partial charge in [-0.1, -0.05) is 19.9 Å². The van der Waals surface area contributed by atoms with Crippen LogP contribution >= 0.6 is 0 Å². The predicted molar refractivity (Wildman–Crippen MR) is 97.1 cm³/mol. The fourth-order valence-corrected chi connectivity index (χ4v) is 4.06. The minimum Gasteiger partial charge on any atom is -0.340 e. The summed E-state index contributed by atoms with van der Waals surface area (Å²) in [5.74, 6) is -0.324. The molecule has 1 aromatic carbocycles. The van der Waals surface area contributed by atoms with Crippen molar-refractivity contribution in [3.63, 3.8) is 0 Å². The van der Waals surface area contributed by atoms with E-state index in [1.165, 1.54) is 24.4 Å². The van der Waals surface area contributed by atoms with Gasteiger partial charge in [-0.25, -0.2) is 12.8 Å². The molecule has 1 aliphatic heterocycles. The first-order valence-corrected chi connectivity index (χ1v) is 9.94. The second-order valence-corrected chi connectivity index (χ2v) is 8.65. The molecule has 3 rings (SSSR count). The maximum atomic E-state index is 13.7. The van der Waals surface area contributed by atoms with E-state index >= 15 is 0 Å². The van der Waals surface area contributed by atoms with E-state index in [1.54, 1.807) is 16.4 Å². The van der Waals surface area contributed by atoms with Crippen molar-refractivity contribution in [1.82, 2.24) is 9.47 Å². The number of benzene rings is 1. The van der Waals surface area contributed by atoms with Crippen molar-refractivity contribution >= 4 is 21.6 Å². The van der Waals surface area contributed by atoms with Gasteiger partial charge in [0.25, 0.3) is 15.9 Å². The maximum absolute atomic E-state index is 13.7. The summed E-state index contributed by atoms with van der Waals surface area (Å²) in [5, 5.41) is 0. The summed E-state index contributed by atoms with van der Waals surface area (Å²) < 4.78 is 42.9. The monoisotopic (exact) mass is 379 g/mol. The van der Waals surface area contributed by atoms with Crippen LogP contribution in [0.1, 0.15) is 29.9 Å². The van der Waals surface area contributed by atoms with Crippen LogP contribution < -0.4 is 4.72 Å². The van der Waals surface area contributed by atoms with E-state index in [9.17, 15) is 17.6 Å². The lowest BCUT2D eigenvalue weighted by atomic mass is 10.2. The quantitative estimate of drug-likeness (QED) is 0.868. The summed E-state index contributed by atoms with van der Waals surface area (Å²) in [6.07, 6.45) is 1.45. The van der Waals surface area contributed by atoms with E-state index in [-0.39, 0.29) is 16.5 Å². The van der Waals surface area contributed by atoms with Gasteiger partial charge >= 0.3 is 0 Å². The summed E-state index contributed by atoms with van der Waals surface area (Å²) >= 11 is 0. The van der Waals surface area contributed by atoms with Crippen LogP contribution in [0.4, 0.5) is 10.1 Å². The molecule has 1 aromatic heterocycles. The van der Waals surface area contributed by atoms with Gasteiger partial charge in [0.1, 0.15) is 16.4 Å². The van der Waals surface area contributed by atoms with Crippen molar-refractivity contribution in [2.75, 3.05) is 17.8 Å². The molecule has 0 saturated carbocycles. The Morgan fingerprint density at radius 3 is 2.62 bits per heavy atom. The predicted octanol–water partition coefficient (Wildman–Crippen LogP) is 2.85. The fraction of sp³-hybridized carbons (Fsp3) is 0.389. The Morgan fingerprint density at radius 2 is 1.96 bits per heavy atom. The van der Waals surface area contributed by atoms with Crippen LogP contribution in [-0.4, -0.2) is 36.9 Å². The number of carbonyl (C=O) groups is 1. The number of aryl methyl sites for hydroxylation is 1. The number of amides is 1. The number of nitrogens with zero attached hydrogens (tertiary/aromatic N) is 2. The molecule has 2 aromatic rings. The van der Waals surface area contributed by atoms with Crippen LogP contribution in [0.3, 0.4) is 0 Å². The van der Waals surface area contributed by atoms with E-state index in [0.29, 0.717) is 36.8 Å². The molecule has 1 amide bonds. The first-order chi connectivity index (χ1) is 12.2. The lowest BCUT2D eigenvalue weighted by Gasteiger charge is -2.29. The zero-order valence-electron chi connectivity index (χ0n) is 15.0. The third-order valence-electron chi connectivity index (χ3n) is 4.31. The van der Waals surface area contributed by atoms with Gasteiger partial charge < -0.3 is 9.47 Å². The summed E-state index contributed by atoms with van der Waals surface area (Å²) in [6.45, 7) is 7.39. The Balaban J connectivity index is 1.86. The van der Waals surface area contributed by atoms with Gasteiger partial charge in [0.2, 0.25) is 0 Å². The van der Waals surface area contributed by atoms with Crippen LogP contribution in [0, 0.1) is 18.7 Å². The van der Waals surface area contributed by atoms with E-state index in [4.69, 9.17) is 0 Å². The Kier molecular flexibility index (Phi) is 4.79. The number of aromatic nitrogens is 1. The highest BCUT2D eigenvalue weighted by Crippen LogP contribution is 2.23. The highest BCUT2D eigenvalue weighted by Gasteiger charge is 2.28. The Bertz CT molecular complexity index is 951. The highest BCUT2D eigenvalue weighted by atomic mass is 32.2. The van der Waals surface area contributed by atoms with Crippen molar-refractivity contribution in [2.24, 2.45) is 5.92 Å². The molecule has 0 atom stereocenters. The van der Waals surface area contributed by atoms with Gasteiger partial charge in [-0.15, -0.1) is 0 Å². The molecule has 26 heavy (non-hydrogen) atoms. The van der Waals surface area contributed by atoms with Crippen LogP contribution in [-0.2, 0) is 16.6 Å². The van der Waals surface area contributed by atoms with Gasteiger partial charge in [0.15, 0.2) is 0 Å². The standard InChI is InChI=1S/C18H22FN3O3S/c1-12(2)10-22-7-6-21-11-15(9-17(21)18(22)23)26(24,25)20-14-5-4-13(3)16(19)8-14/h4-5,8-9,11-12,20H,6-7,10H2,1-3H3. The minimum absolute atomic E-state index is 0.00627. The van der Waals surface area contributed by atoms with Crippen LogP contribution in [0.5, 0.6) is 0 Å². The van der Waals surface area contributed by atoms with Gasteiger partial charge in [-0.05, 0) is 36.6 Å². The maximum Gasteiger partial charge on any atom is 0.270 e. The first-order valence-electron chi connectivity index (χ1n) is 8.46. The van der Waals surface area contributed by atoms with Crippen LogP contribution in [0.2, 0.25) is 0 Å². The summed E-state index contributed by atoms with van der Waals surface area (Å²) in [6, 6.07) is 5.52. The lowest BCUT2D eigenvalue weighted by Crippen LogP contribution is -2.41. The molecule has 0 aliphatic carbocycles. The molecule has 0 unspecified atom stereocenters. The van der Waals surface area contributed by atoms with E-state index in [1.807, 2.05) is 13.8 Å². The minimum atomic E-state index is -3.91. The third-order valence-corrected chi connectivity index (χ3v) is 5.66. The van der Waals surface area contributed by atoms with Gasteiger partial charge in [0.05, 0.1) is 5.69 Å². The molecule has 0 spiro atoms.